The molecule has 32 heavy (non-hydrogen) atoms. The minimum Gasteiger partial charge on any atom is -0.481 e. The van der Waals surface area contributed by atoms with Gasteiger partial charge in [0, 0.05) is 12.3 Å². The number of benzene rings is 2. The molecule has 0 radical (unpaired) electrons. The monoisotopic (exact) mass is 438 g/mol. The summed E-state index contributed by atoms with van der Waals surface area (Å²) in [5.41, 5.74) is 4.29. The van der Waals surface area contributed by atoms with Crippen molar-refractivity contribution >= 4 is 18.0 Å². The third-order valence-electron chi connectivity index (χ3n) is 5.41. The number of rotatable bonds is 10. The lowest BCUT2D eigenvalue weighted by Crippen LogP contribution is -2.50. The largest absolute Gasteiger partial charge is 0.481 e. The lowest BCUT2D eigenvalue weighted by molar-refractivity contribution is -0.137. The highest BCUT2D eigenvalue weighted by atomic mass is 16.5. The number of aliphatic carboxylic acids is 1. The first-order valence-electron chi connectivity index (χ1n) is 10.3. The van der Waals surface area contributed by atoms with Crippen LogP contribution in [-0.4, -0.2) is 53.5 Å². The fourth-order valence-electron chi connectivity index (χ4n) is 3.78. The summed E-state index contributed by atoms with van der Waals surface area (Å²) in [6, 6.07) is 14.0. The molecule has 0 bridgehead atoms. The van der Waals surface area contributed by atoms with Gasteiger partial charge in [0.25, 0.3) is 0 Å². The summed E-state index contributed by atoms with van der Waals surface area (Å²) >= 11 is 0. The Kier molecular flexibility index (Phi) is 7.62. The maximum atomic E-state index is 12.5. The lowest BCUT2D eigenvalue weighted by atomic mass is 9.98. The first-order chi connectivity index (χ1) is 15.4. The van der Waals surface area contributed by atoms with Crippen molar-refractivity contribution in [3.8, 4) is 11.1 Å². The molecule has 8 heteroatoms. The molecule has 1 aliphatic carbocycles. The Morgan fingerprint density at radius 3 is 2.16 bits per heavy atom. The molecule has 0 saturated carbocycles. The fraction of sp³-hybridized carbons (Fsp3) is 0.292. The van der Waals surface area contributed by atoms with Crippen LogP contribution in [0.25, 0.3) is 11.1 Å². The molecule has 3 rings (SSSR count). The zero-order valence-electron chi connectivity index (χ0n) is 17.5. The minimum atomic E-state index is -1.13. The Morgan fingerprint density at radius 2 is 1.62 bits per heavy atom. The number of aliphatic hydroxyl groups is 1. The molecule has 2 atom stereocenters. The number of nitrogens with one attached hydrogen (secondary N) is 2. The average Bonchev–Trinajstić information content (AvgIpc) is 3.12. The summed E-state index contributed by atoms with van der Waals surface area (Å²) < 4.78 is 5.44. The van der Waals surface area contributed by atoms with Crippen LogP contribution in [0.15, 0.2) is 61.2 Å². The predicted octanol–water partition coefficient (Wildman–Crippen LogP) is 2.42. The number of hydrogen-bond acceptors (Lipinski definition) is 5. The number of amides is 2. The third kappa shape index (κ3) is 5.33. The van der Waals surface area contributed by atoms with Crippen molar-refractivity contribution in [2.75, 3.05) is 13.2 Å². The number of carboxylic acids is 1. The molecular formula is C24H26N2O6. The Balaban J connectivity index is 1.66. The SMILES string of the molecule is C=CC(CO)NC(=O)C(CCC(=O)O)NC(=O)OCC1c2ccccc2-c2ccccc21. The number of aliphatic hydroxyl groups excluding tert-OH is 1. The van der Waals surface area contributed by atoms with E-state index in [-0.39, 0.29) is 32.0 Å². The normalized spacial score (nSPS) is 13.9. The molecule has 1 aliphatic rings. The quantitative estimate of drug-likeness (QED) is 0.422. The molecule has 2 aromatic rings. The van der Waals surface area contributed by atoms with Crippen LogP contribution in [0.4, 0.5) is 4.79 Å². The number of ether oxygens (including phenoxy) is 1. The Labute approximate surface area is 185 Å². The van der Waals surface area contributed by atoms with Crippen molar-refractivity contribution in [3.63, 3.8) is 0 Å². The van der Waals surface area contributed by atoms with Gasteiger partial charge in [-0.1, -0.05) is 54.6 Å². The summed E-state index contributed by atoms with van der Waals surface area (Å²) in [7, 11) is 0. The Hall–Kier alpha value is -3.65. The molecule has 0 saturated heterocycles. The van der Waals surface area contributed by atoms with E-state index < -0.39 is 30.1 Å². The van der Waals surface area contributed by atoms with Gasteiger partial charge in [-0.25, -0.2) is 4.79 Å². The van der Waals surface area contributed by atoms with Gasteiger partial charge in [0.2, 0.25) is 5.91 Å². The summed E-state index contributed by atoms with van der Waals surface area (Å²) in [6.07, 6.45) is 0.0799. The molecule has 2 amide bonds. The average molecular weight is 438 g/mol. The standard InChI is InChI=1S/C24H26N2O6/c1-2-15(13-27)25-23(30)21(11-12-22(28)29)26-24(31)32-14-20-18-9-5-3-7-16(18)17-8-4-6-10-19(17)20/h2-10,15,20-21,27H,1,11-14H2,(H,25,30)(H,26,31)(H,28,29). The highest BCUT2D eigenvalue weighted by Crippen LogP contribution is 2.44. The second kappa shape index (κ2) is 10.6. The maximum Gasteiger partial charge on any atom is 0.407 e. The van der Waals surface area contributed by atoms with Gasteiger partial charge < -0.3 is 25.6 Å². The zero-order chi connectivity index (χ0) is 23.1. The zero-order valence-corrected chi connectivity index (χ0v) is 17.5. The first kappa shape index (κ1) is 23.0. The summed E-state index contributed by atoms with van der Waals surface area (Å²) in [5.74, 6) is -1.86. The van der Waals surface area contributed by atoms with Gasteiger partial charge in [-0.05, 0) is 28.7 Å². The molecule has 8 nitrogen and oxygen atoms in total. The molecule has 0 spiro atoms. The van der Waals surface area contributed by atoms with Gasteiger partial charge in [-0.15, -0.1) is 6.58 Å². The minimum absolute atomic E-state index is 0.0685. The molecule has 2 aromatic carbocycles. The number of carbonyl (C=O) groups is 3. The number of carboxylic acid groups (broad SMARTS) is 1. The first-order valence-corrected chi connectivity index (χ1v) is 10.3. The van der Waals surface area contributed by atoms with Crippen LogP contribution in [0.3, 0.4) is 0 Å². The van der Waals surface area contributed by atoms with Crippen LogP contribution in [0.2, 0.25) is 0 Å². The second-order valence-electron chi connectivity index (χ2n) is 7.49. The molecule has 0 aromatic heterocycles. The van der Waals surface area contributed by atoms with Gasteiger partial charge in [0.05, 0.1) is 12.6 Å². The Morgan fingerprint density at radius 1 is 1.03 bits per heavy atom. The van der Waals surface area contributed by atoms with E-state index in [2.05, 4.69) is 17.2 Å². The van der Waals surface area contributed by atoms with E-state index in [0.29, 0.717) is 0 Å². The van der Waals surface area contributed by atoms with Crippen molar-refractivity contribution in [1.29, 1.82) is 0 Å². The smallest absolute Gasteiger partial charge is 0.407 e. The van der Waals surface area contributed by atoms with Crippen LogP contribution in [0, 0.1) is 0 Å². The number of hydrogen-bond donors (Lipinski definition) is 4. The highest BCUT2D eigenvalue weighted by Gasteiger charge is 2.30. The predicted molar refractivity (Wildman–Crippen MR) is 118 cm³/mol. The van der Waals surface area contributed by atoms with E-state index in [9.17, 15) is 19.5 Å². The van der Waals surface area contributed by atoms with Gasteiger partial charge >= 0.3 is 12.1 Å². The number of carbonyl (C=O) groups excluding carboxylic acids is 2. The maximum absolute atomic E-state index is 12.5. The number of fused-ring (bicyclic) bond motifs is 3. The highest BCUT2D eigenvalue weighted by molar-refractivity contribution is 5.86. The van der Waals surface area contributed by atoms with Crippen molar-refractivity contribution in [3.05, 3.63) is 72.3 Å². The molecular weight excluding hydrogens is 412 g/mol. The van der Waals surface area contributed by atoms with E-state index in [1.807, 2.05) is 48.5 Å². The van der Waals surface area contributed by atoms with E-state index in [0.717, 1.165) is 22.3 Å². The van der Waals surface area contributed by atoms with E-state index in [1.165, 1.54) is 6.08 Å². The third-order valence-corrected chi connectivity index (χ3v) is 5.41. The van der Waals surface area contributed by atoms with Gasteiger partial charge in [0.15, 0.2) is 0 Å². The molecule has 4 N–H and O–H groups in total. The van der Waals surface area contributed by atoms with Crippen LogP contribution in [-0.2, 0) is 14.3 Å². The van der Waals surface area contributed by atoms with Crippen molar-refractivity contribution in [1.82, 2.24) is 10.6 Å². The van der Waals surface area contributed by atoms with Gasteiger partial charge in [0.1, 0.15) is 12.6 Å². The Bertz CT molecular complexity index is 960. The van der Waals surface area contributed by atoms with Crippen molar-refractivity contribution in [2.45, 2.75) is 30.8 Å². The molecule has 2 unspecified atom stereocenters. The van der Waals surface area contributed by atoms with E-state index in [4.69, 9.17) is 9.84 Å². The summed E-state index contributed by atoms with van der Waals surface area (Å²) in [5, 5.41) is 23.1. The van der Waals surface area contributed by atoms with Crippen LogP contribution in [0.5, 0.6) is 0 Å². The molecule has 0 aliphatic heterocycles. The lowest BCUT2D eigenvalue weighted by Gasteiger charge is -2.21. The van der Waals surface area contributed by atoms with Crippen molar-refractivity contribution < 1.29 is 29.3 Å². The molecule has 0 fully saturated rings. The molecule has 0 heterocycles. The molecule has 168 valence electrons. The summed E-state index contributed by atoms with van der Waals surface area (Å²) in [4.78, 5) is 35.9. The van der Waals surface area contributed by atoms with Gasteiger partial charge in [-0.3, -0.25) is 9.59 Å². The second-order valence-corrected chi connectivity index (χ2v) is 7.49. The van der Waals surface area contributed by atoms with Gasteiger partial charge in [-0.2, -0.15) is 0 Å². The fourth-order valence-corrected chi connectivity index (χ4v) is 3.78. The van der Waals surface area contributed by atoms with E-state index in [1.54, 1.807) is 0 Å². The number of alkyl carbamates (subject to hydrolysis) is 1. The summed E-state index contributed by atoms with van der Waals surface area (Å²) in [6.45, 7) is 3.21. The van der Waals surface area contributed by atoms with Crippen molar-refractivity contribution in [2.24, 2.45) is 0 Å². The van der Waals surface area contributed by atoms with Crippen LogP contribution in [0.1, 0.15) is 29.9 Å². The van der Waals surface area contributed by atoms with Crippen LogP contribution >= 0.6 is 0 Å². The van der Waals surface area contributed by atoms with E-state index >= 15 is 0 Å². The topological polar surface area (TPSA) is 125 Å². The van der Waals surface area contributed by atoms with Crippen LogP contribution < -0.4 is 10.6 Å².